The number of ether oxygens (including phenoxy) is 1. The molecule has 0 amide bonds. The quantitative estimate of drug-likeness (QED) is 0.909. The summed E-state index contributed by atoms with van der Waals surface area (Å²) in [4.78, 5) is 2.42. The molecular weight excluding hydrogens is 267 g/mol. The van der Waals surface area contributed by atoms with Gasteiger partial charge in [0.25, 0.3) is 0 Å². The third kappa shape index (κ3) is 2.79. The Balaban J connectivity index is 1.99. The van der Waals surface area contributed by atoms with Gasteiger partial charge in [-0.05, 0) is 49.9 Å². The van der Waals surface area contributed by atoms with Gasteiger partial charge in [-0.25, -0.2) is 4.39 Å². The zero-order valence-corrected chi connectivity index (χ0v) is 12.9. The van der Waals surface area contributed by atoms with Crippen molar-refractivity contribution < 1.29 is 9.13 Å². The Labute approximate surface area is 126 Å². The Morgan fingerprint density at radius 2 is 2.10 bits per heavy atom. The second kappa shape index (κ2) is 5.93. The summed E-state index contributed by atoms with van der Waals surface area (Å²) in [7, 11) is 0. The number of rotatable bonds is 2. The van der Waals surface area contributed by atoms with E-state index in [2.05, 4.69) is 4.90 Å². The van der Waals surface area contributed by atoms with Crippen LogP contribution in [0.1, 0.15) is 49.8 Å². The Hall–Kier alpha value is -1.13. The number of nitrogens with two attached hydrogens (primary N) is 1. The van der Waals surface area contributed by atoms with Crippen LogP contribution in [0.5, 0.6) is 0 Å². The summed E-state index contributed by atoms with van der Waals surface area (Å²) in [5, 5.41) is 0. The molecule has 1 aliphatic heterocycles. The molecule has 0 radical (unpaired) electrons. The van der Waals surface area contributed by atoms with Crippen LogP contribution >= 0.6 is 0 Å². The summed E-state index contributed by atoms with van der Waals surface area (Å²) in [6, 6.07) is 3.82. The maximum absolute atomic E-state index is 13.9. The van der Waals surface area contributed by atoms with Crippen molar-refractivity contribution in [3.63, 3.8) is 0 Å². The van der Waals surface area contributed by atoms with E-state index >= 15 is 0 Å². The summed E-state index contributed by atoms with van der Waals surface area (Å²) in [6.07, 6.45) is 5.10. The van der Waals surface area contributed by atoms with Gasteiger partial charge >= 0.3 is 0 Å². The van der Waals surface area contributed by atoms with E-state index < -0.39 is 0 Å². The number of nitrogens with zero attached hydrogens (tertiary/aromatic N) is 1. The van der Waals surface area contributed by atoms with Crippen LogP contribution in [-0.4, -0.2) is 25.3 Å². The first-order chi connectivity index (χ1) is 10.1. The second-order valence-electron chi connectivity index (χ2n) is 6.40. The lowest BCUT2D eigenvalue weighted by molar-refractivity contribution is -0.00876. The van der Waals surface area contributed by atoms with Gasteiger partial charge in [0.1, 0.15) is 5.82 Å². The summed E-state index contributed by atoms with van der Waals surface area (Å²) in [5.74, 6) is -0.167. The van der Waals surface area contributed by atoms with Crippen LogP contribution in [0.2, 0.25) is 0 Å². The zero-order chi connectivity index (χ0) is 15.0. The van der Waals surface area contributed by atoms with Crippen LogP contribution in [0.25, 0.3) is 0 Å². The molecule has 0 aromatic heterocycles. The van der Waals surface area contributed by atoms with Crippen LogP contribution in [0, 0.1) is 12.7 Å². The van der Waals surface area contributed by atoms with Crippen molar-refractivity contribution in [2.45, 2.75) is 57.7 Å². The molecular formula is C17H25FN2O. The maximum Gasteiger partial charge on any atom is 0.126 e. The predicted molar refractivity (Wildman–Crippen MR) is 83.1 cm³/mol. The first-order valence-electron chi connectivity index (χ1n) is 8.02. The van der Waals surface area contributed by atoms with E-state index in [4.69, 9.17) is 10.5 Å². The fraction of sp³-hybridized carbons (Fsp3) is 0.647. The van der Waals surface area contributed by atoms with Gasteiger partial charge in [0, 0.05) is 18.3 Å². The number of fused-ring (bicyclic) bond motifs is 1. The number of hydrogen-bond donors (Lipinski definition) is 1. The minimum atomic E-state index is -0.167. The van der Waals surface area contributed by atoms with E-state index in [1.165, 1.54) is 12.8 Å². The Bertz CT molecular complexity index is 516. The lowest BCUT2D eigenvalue weighted by Gasteiger charge is -2.46. The number of benzene rings is 1. The van der Waals surface area contributed by atoms with E-state index in [9.17, 15) is 4.39 Å². The molecule has 0 spiro atoms. The molecule has 2 N–H and O–H groups in total. The fourth-order valence-corrected chi connectivity index (χ4v) is 3.69. The fourth-order valence-electron chi connectivity index (χ4n) is 3.69. The van der Waals surface area contributed by atoms with Gasteiger partial charge in [0.05, 0.1) is 18.8 Å². The Kier molecular flexibility index (Phi) is 4.18. The first kappa shape index (κ1) is 14.8. The van der Waals surface area contributed by atoms with Crippen LogP contribution in [0.3, 0.4) is 0 Å². The second-order valence-corrected chi connectivity index (χ2v) is 6.40. The van der Waals surface area contributed by atoms with Gasteiger partial charge in [-0.2, -0.15) is 0 Å². The summed E-state index contributed by atoms with van der Waals surface area (Å²) < 4.78 is 19.9. The third-order valence-electron chi connectivity index (χ3n) is 4.84. The van der Waals surface area contributed by atoms with Gasteiger partial charge in [0.2, 0.25) is 0 Å². The molecule has 1 heterocycles. The monoisotopic (exact) mass is 292 g/mol. The molecule has 1 aromatic carbocycles. The zero-order valence-electron chi connectivity index (χ0n) is 12.9. The van der Waals surface area contributed by atoms with Crippen molar-refractivity contribution in [1.82, 2.24) is 0 Å². The van der Waals surface area contributed by atoms with E-state index in [0.29, 0.717) is 17.7 Å². The summed E-state index contributed by atoms with van der Waals surface area (Å²) >= 11 is 0. The molecule has 0 bridgehead atoms. The van der Waals surface area contributed by atoms with Gasteiger partial charge in [-0.1, -0.05) is 12.8 Å². The average Bonchev–Trinajstić information content (AvgIpc) is 2.49. The van der Waals surface area contributed by atoms with Crippen molar-refractivity contribution in [3.8, 4) is 0 Å². The molecule has 1 aliphatic carbocycles. The lowest BCUT2D eigenvalue weighted by atomic mass is 9.89. The molecule has 3 atom stereocenters. The van der Waals surface area contributed by atoms with E-state index in [1.54, 1.807) is 6.07 Å². The Morgan fingerprint density at radius 1 is 1.33 bits per heavy atom. The van der Waals surface area contributed by atoms with Crippen molar-refractivity contribution in [2.24, 2.45) is 5.73 Å². The molecule has 1 saturated carbocycles. The highest BCUT2D eigenvalue weighted by atomic mass is 19.1. The molecule has 2 fully saturated rings. The lowest BCUT2D eigenvalue weighted by Crippen LogP contribution is -2.53. The standard InChI is InChI=1S/C17H25FN2O/c1-11-9-16(13(12(2)19)10-14(11)18)20-7-8-21-17-6-4-3-5-15(17)20/h9-10,12,15,17H,3-8,19H2,1-2H3/t12-,15?,17?/m1/s1. The van der Waals surface area contributed by atoms with Gasteiger partial charge in [-0.15, -0.1) is 0 Å². The van der Waals surface area contributed by atoms with Crippen LogP contribution in [0.15, 0.2) is 12.1 Å². The molecule has 4 heteroatoms. The van der Waals surface area contributed by atoms with Crippen LogP contribution in [-0.2, 0) is 4.74 Å². The molecule has 2 unspecified atom stereocenters. The number of morpholine rings is 1. The number of hydrogen-bond acceptors (Lipinski definition) is 3. The topological polar surface area (TPSA) is 38.5 Å². The van der Waals surface area contributed by atoms with Crippen molar-refractivity contribution in [1.29, 1.82) is 0 Å². The van der Waals surface area contributed by atoms with Gasteiger partial charge in [-0.3, -0.25) is 0 Å². The van der Waals surface area contributed by atoms with E-state index in [1.807, 2.05) is 19.9 Å². The molecule has 1 saturated heterocycles. The van der Waals surface area contributed by atoms with Crippen molar-refractivity contribution >= 4 is 5.69 Å². The molecule has 2 aliphatic rings. The smallest absolute Gasteiger partial charge is 0.126 e. The van der Waals surface area contributed by atoms with E-state index in [0.717, 1.165) is 37.2 Å². The maximum atomic E-state index is 13.9. The molecule has 116 valence electrons. The highest BCUT2D eigenvalue weighted by Crippen LogP contribution is 2.36. The minimum Gasteiger partial charge on any atom is -0.374 e. The van der Waals surface area contributed by atoms with Gasteiger partial charge in [0.15, 0.2) is 0 Å². The molecule has 1 aromatic rings. The predicted octanol–water partition coefficient (Wildman–Crippen LogP) is 3.30. The molecule has 21 heavy (non-hydrogen) atoms. The number of anilines is 1. The number of halogens is 1. The molecule has 3 nitrogen and oxygen atoms in total. The minimum absolute atomic E-state index is 0.167. The SMILES string of the molecule is Cc1cc(N2CCOC3CCCCC32)c([C@@H](C)N)cc1F. The highest BCUT2D eigenvalue weighted by molar-refractivity contribution is 5.58. The Morgan fingerprint density at radius 3 is 2.86 bits per heavy atom. The van der Waals surface area contributed by atoms with E-state index in [-0.39, 0.29) is 11.9 Å². The van der Waals surface area contributed by atoms with Crippen LogP contribution in [0.4, 0.5) is 10.1 Å². The van der Waals surface area contributed by atoms with Gasteiger partial charge < -0.3 is 15.4 Å². The van der Waals surface area contributed by atoms with Crippen molar-refractivity contribution in [3.05, 3.63) is 29.1 Å². The molecule has 3 rings (SSSR count). The average molecular weight is 292 g/mol. The summed E-state index contributed by atoms with van der Waals surface area (Å²) in [6.45, 7) is 5.36. The largest absolute Gasteiger partial charge is 0.374 e. The van der Waals surface area contributed by atoms with Crippen LogP contribution < -0.4 is 10.6 Å². The highest BCUT2D eigenvalue weighted by Gasteiger charge is 2.35. The first-order valence-corrected chi connectivity index (χ1v) is 8.02. The number of aryl methyl sites for hydroxylation is 1. The normalized spacial score (nSPS) is 27.3. The third-order valence-corrected chi connectivity index (χ3v) is 4.84. The van der Waals surface area contributed by atoms with Crippen molar-refractivity contribution in [2.75, 3.05) is 18.1 Å². The summed E-state index contributed by atoms with van der Waals surface area (Å²) in [5.41, 5.74) is 8.78.